The van der Waals surface area contributed by atoms with Gasteiger partial charge in [0.05, 0.1) is 5.69 Å². The van der Waals surface area contributed by atoms with Gasteiger partial charge in [-0.25, -0.2) is 4.98 Å². The molecule has 1 aromatic heterocycles. The highest BCUT2D eigenvalue weighted by Gasteiger charge is 2.41. The minimum Gasteiger partial charge on any atom is -0.369 e. The van der Waals surface area contributed by atoms with Crippen LogP contribution >= 0.6 is 15.9 Å². The predicted octanol–water partition coefficient (Wildman–Crippen LogP) is 2.40. The number of aromatic nitrogens is 2. The van der Waals surface area contributed by atoms with Gasteiger partial charge in [-0.3, -0.25) is 9.36 Å². The fraction of sp³-hybridized carbons (Fsp3) is 0.286. The Balaban J connectivity index is 1.89. The molecule has 3 rings (SSSR count). The van der Waals surface area contributed by atoms with Gasteiger partial charge in [-0.2, -0.15) is 0 Å². The molecule has 2 atom stereocenters. The topological polar surface area (TPSA) is 60.9 Å². The van der Waals surface area contributed by atoms with E-state index in [1.54, 1.807) is 13.1 Å². The van der Waals surface area contributed by atoms with Gasteiger partial charge in [0.1, 0.15) is 0 Å². The van der Waals surface area contributed by atoms with E-state index in [-0.39, 0.29) is 11.5 Å². The smallest absolute Gasteiger partial charge is 0.254 e. The summed E-state index contributed by atoms with van der Waals surface area (Å²) >= 11 is 3.48. The second kappa shape index (κ2) is 4.49. The van der Waals surface area contributed by atoms with Gasteiger partial charge in [0.2, 0.25) is 5.95 Å². The van der Waals surface area contributed by atoms with Crippen molar-refractivity contribution in [3.8, 4) is 0 Å². The average Bonchev–Trinajstić information content (AvgIpc) is 3.15. The molecule has 0 spiro atoms. The van der Waals surface area contributed by atoms with E-state index in [9.17, 15) is 4.79 Å². The summed E-state index contributed by atoms with van der Waals surface area (Å²) in [6.07, 6.45) is 1.02. The molecule has 1 fully saturated rings. The van der Waals surface area contributed by atoms with E-state index < -0.39 is 0 Å². The summed E-state index contributed by atoms with van der Waals surface area (Å²) in [7, 11) is 1.63. The lowest BCUT2D eigenvalue weighted by Gasteiger charge is -2.05. The Hall–Kier alpha value is -1.62. The van der Waals surface area contributed by atoms with Crippen molar-refractivity contribution in [1.29, 1.82) is 0 Å². The monoisotopic (exact) mass is 319 g/mol. The number of halogens is 1. The molecular weight excluding hydrogens is 306 g/mol. The Morgan fingerprint density at radius 2 is 2.16 bits per heavy atom. The highest BCUT2D eigenvalue weighted by molar-refractivity contribution is 9.10. The summed E-state index contributed by atoms with van der Waals surface area (Å²) in [5.74, 6) is 1.03. The summed E-state index contributed by atoms with van der Waals surface area (Å²) in [6, 6.07) is 9.86. The number of rotatable bonds is 2. The van der Waals surface area contributed by atoms with E-state index in [4.69, 9.17) is 5.73 Å². The first-order valence-corrected chi connectivity index (χ1v) is 6.94. The van der Waals surface area contributed by atoms with Crippen molar-refractivity contribution in [2.24, 2.45) is 7.05 Å². The molecule has 98 valence electrons. The van der Waals surface area contributed by atoms with E-state index in [2.05, 4.69) is 33.0 Å². The standard InChI is InChI=1S/C14H14BrN3O/c1-18-13(19)7-12(17-14(18)16)11-6-10(11)8-3-2-4-9(15)5-8/h2-5,7,10-11H,6H2,1H3,(H2,16,17)/t10-,11-/m0/s1. The molecule has 0 unspecified atom stereocenters. The number of benzene rings is 1. The molecule has 0 radical (unpaired) electrons. The van der Waals surface area contributed by atoms with Crippen molar-refractivity contribution in [3.05, 3.63) is 56.4 Å². The average molecular weight is 320 g/mol. The van der Waals surface area contributed by atoms with Crippen LogP contribution in [0.1, 0.15) is 29.5 Å². The van der Waals surface area contributed by atoms with Crippen molar-refractivity contribution in [1.82, 2.24) is 9.55 Å². The zero-order valence-electron chi connectivity index (χ0n) is 10.5. The van der Waals surface area contributed by atoms with E-state index in [1.165, 1.54) is 10.1 Å². The normalized spacial score (nSPS) is 21.4. The maximum absolute atomic E-state index is 11.7. The van der Waals surface area contributed by atoms with Crippen LogP contribution in [0, 0.1) is 0 Å². The molecule has 0 bridgehead atoms. The lowest BCUT2D eigenvalue weighted by atomic mass is 10.1. The minimum atomic E-state index is -0.0950. The van der Waals surface area contributed by atoms with Crippen LogP contribution in [0.3, 0.4) is 0 Å². The fourth-order valence-corrected chi connectivity index (χ4v) is 2.81. The van der Waals surface area contributed by atoms with Crippen molar-refractivity contribution in [3.63, 3.8) is 0 Å². The van der Waals surface area contributed by atoms with Crippen LogP contribution in [0.15, 0.2) is 39.6 Å². The number of nitrogens with zero attached hydrogens (tertiary/aromatic N) is 2. The summed E-state index contributed by atoms with van der Waals surface area (Å²) in [6.45, 7) is 0. The van der Waals surface area contributed by atoms with Gasteiger partial charge in [-0.05, 0) is 30.0 Å². The van der Waals surface area contributed by atoms with E-state index in [0.717, 1.165) is 16.6 Å². The van der Waals surface area contributed by atoms with Crippen molar-refractivity contribution < 1.29 is 0 Å². The zero-order chi connectivity index (χ0) is 13.6. The maximum Gasteiger partial charge on any atom is 0.254 e. The SMILES string of the molecule is Cn1c(N)nc([C@H]2C[C@H]2c2cccc(Br)c2)cc1=O. The number of nitrogens with two attached hydrogens (primary N) is 1. The van der Waals surface area contributed by atoms with Gasteiger partial charge in [-0.1, -0.05) is 28.1 Å². The Kier molecular flexibility index (Phi) is 2.93. The molecule has 0 aliphatic heterocycles. The summed E-state index contributed by atoms with van der Waals surface area (Å²) in [4.78, 5) is 16.0. The summed E-state index contributed by atoms with van der Waals surface area (Å²) in [5.41, 5.74) is 7.73. The van der Waals surface area contributed by atoms with Crippen molar-refractivity contribution >= 4 is 21.9 Å². The number of anilines is 1. The molecule has 1 heterocycles. The molecule has 1 aliphatic rings. The third kappa shape index (κ3) is 2.30. The largest absolute Gasteiger partial charge is 0.369 e. The lowest BCUT2D eigenvalue weighted by Crippen LogP contribution is -2.21. The van der Waals surface area contributed by atoms with Crippen LogP contribution in [-0.2, 0) is 7.05 Å². The van der Waals surface area contributed by atoms with Crippen LogP contribution in [-0.4, -0.2) is 9.55 Å². The highest BCUT2D eigenvalue weighted by Crippen LogP contribution is 2.54. The van der Waals surface area contributed by atoms with Crippen LogP contribution < -0.4 is 11.3 Å². The Bertz CT molecular complexity index is 695. The third-order valence-electron chi connectivity index (χ3n) is 3.64. The molecule has 1 aliphatic carbocycles. The van der Waals surface area contributed by atoms with Gasteiger partial charge < -0.3 is 5.73 Å². The molecule has 1 saturated carbocycles. The number of nitrogen functional groups attached to an aromatic ring is 1. The summed E-state index contributed by atoms with van der Waals surface area (Å²) < 4.78 is 2.44. The predicted molar refractivity (Wildman–Crippen MR) is 78.1 cm³/mol. The fourth-order valence-electron chi connectivity index (χ4n) is 2.39. The minimum absolute atomic E-state index is 0.0950. The second-order valence-corrected chi connectivity index (χ2v) is 5.86. The van der Waals surface area contributed by atoms with Crippen LogP contribution in [0.4, 0.5) is 5.95 Å². The van der Waals surface area contributed by atoms with Gasteiger partial charge in [-0.15, -0.1) is 0 Å². The Morgan fingerprint density at radius 3 is 2.84 bits per heavy atom. The van der Waals surface area contributed by atoms with E-state index in [0.29, 0.717) is 11.8 Å². The Labute approximate surface area is 119 Å². The lowest BCUT2D eigenvalue weighted by molar-refractivity contribution is 0.813. The first-order chi connectivity index (χ1) is 9.06. The molecule has 2 N–H and O–H groups in total. The van der Waals surface area contributed by atoms with Crippen molar-refractivity contribution in [2.45, 2.75) is 18.3 Å². The van der Waals surface area contributed by atoms with Crippen LogP contribution in [0.5, 0.6) is 0 Å². The Morgan fingerprint density at radius 1 is 1.37 bits per heavy atom. The molecule has 4 nitrogen and oxygen atoms in total. The highest BCUT2D eigenvalue weighted by atomic mass is 79.9. The van der Waals surface area contributed by atoms with Gasteiger partial charge in [0.15, 0.2) is 0 Å². The number of hydrogen-bond acceptors (Lipinski definition) is 3. The quantitative estimate of drug-likeness (QED) is 0.924. The molecular formula is C14H14BrN3O. The van der Waals surface area contributed by atoms with Crippen LogP contribution in [0.25, 0.3) is 0 Å². The third-order valence-corrected chi connectivity index (χ3v) is 4.13. The molecule has 5 heteroatoms. The number of hydrogen-bond donors (Lipinski definition) is 1. The molecule has 1 aromatic carbocycles. The first-order valence-electron chi connectivity index (χ1n) is 6.15. The van der Waals surface area contributed by atoms with Gasteiger partial charge >= 0.3 is 0 Å². The molecule has 0 amide bonds. The van der Waals surface area contributed by atoms with Crippen molar-refractivity contribution in [2.75, 3.05) is 5.73 Å². The zero-order valence-corrected chi connectivity index (χ0v) is 12.1. The summed E-state index contributed by atoms with van der Waals surface area (Å²) in [5, 5.41) is 0. The molecule has 0 saturated heterocycles. The first kappa shape index (κ1) is 12.4. The van der Waals surface area contributed by atoms with E-state index in [1.807, 2.05) is 12.1 Å². The molecule has 2 aromatic rings. The van der Waals surface area contributed by atoms with Gasteiger partial charge in [0.25, 0.3) is 5.56 Å². The maximum atomic E-state index is 11.7. The molecule has 19 heavy (non-hydrogen) atoms. The van der Waals surface area contributed by atoms with Gasteiger partial charge in [0, 0.05) is 23.5 Å². The second-order valence-electron chi connectivity index (χ2n) is 4.94. The van der Waals surface area contributed by atoms with Crippen LogP contribution in [0.2, 0.25) is 0 Å². The van der Waals surface area contributed by atoms with E-state index >= 15 is 0 Å².